The molecule has 10 nitrogen and oxygen atoms in total. The first kappa shape index (κ1) is 35.3. The minimum atomic E-state index is -1.19. The zero-order valence-electron chi connectivity index (χ0n) is 27.3. The number of ether oxygens (including phenoxy) is 1. The third-order valence-electron chi connectivity index (χ3n) is 9.05. The number of H-pyrrole nitrogens is 1. The predicted octanol–water partition coefficient (Wildman–Crippen LogP) is 5.73. The molecule has 4 amide bonds. The van der Waals surface area contributed by atoms with E-state index in [0.29, 0.717) is 64.0 Å². The lowest BCUT2D eigenvalue weighted by Gasteiger charge is -2.42. The number of hydrogen-bond acceptors (Lipinski definition) is 6. The minimum Gasteiger partial charge on any atom is -0.378 e. The zero-order chi connectivity index (χ0) is 34.5. The van der Waals surface area contributed by atoms with E-state index in [4.69, 9.17) is 22.1 Å². The number of thioether (sulfide) groups is 1. The van der Waals surface area contributed by atoms with Crippen molar-refractivity contribution >= 4 is 68.0 Å². The van der Waals surface area contributed by atoms with Crippen LogP contribution in [-0.4, -0.2) is 94.8 Å². The Labute approximate surface area is 303 Å². The van der Waals surface area contributed by atoms with Gasteiger partial charge in [0.05, 0.1) is 25.7 Å². The van der Waals surface area contributed by atoms with Crippen LogP contribution in [0.15, 0.2) is 82.3 Å². The van der Waals surface area contributed by atoms with E-state index in [9.17, 15) is 9.59 Å². The van der Waals surface area contributed by atoms with Crippen LogP contribution in [0.2, 0.25) is 5.02 Å². The summed E-state index contributed by atoms with van der Waals surface area (Å²) >= 11 is 11.3. The topological polar surface area (TPSA) is 124 Å². The fraction of sp³-hybridized carbons (Fsp3) is 0.361. The van der Waals surface area contributed by atoms with Crippen LogP contribution in [0.25, 0.3) is 10.9 Å². The molecule has 49 heavy (non-hydrogen) atoms. The fourth-order valence-corrected chi connectivity index (χ4v) is 8.51. The number of benzene rings is 3. The number of nitrogens with one attached hydrogen (secondary N) is 2. The Morgan fingerprint density at radius 2 is 1.76 bits per heavy atom. The molecule has 4 N–H and O–H groups in total. The number of aromatic amines is 1. The first-order chi connectivity index (χ1) is 23.7. The van der Waals surface area contributed by atoms with E-state index in [1.807, 2.05) is 89.7 Å². The summed E-state index contributed by atoms with van der Waals surface area (Å²) in [6, 6.07) is 20.8. The molecule has 0 saturated carbocycles. The van der Waals surface area contributed by atoms with Gasteiger partial charge in [-0.15, -0.1) is 11.8 Å². The molecule has 2 aliphatic rings. The van der Waals surface area contributed by atoms with Crippen molar-refractivity contribution in [2.24, 2.45) is 5.73 Å². The highest BCUT2D eigenvalue weighted by atomic mass is 79.9. The van der Waals surface area contributed by atoms with Gasteiger partial charge in [-0.2, -0.15) is 0 Å². The van der Waals surface area contributed by atoms with Crippen molar-refractivity contribution in [3.63, 3.8) is 0 Å². The molecule has 0 bridgehead atoms. The number of aromatic nitrogens is 1. The van der Waals surface area contributed by atoms with Crippen LogP contribution in [0.3, 0.4) is 0 Å². The summed E-state index contributed by atoms with van der Waals surface area (Å²) in [4.78, 5) is 52.0. The second kappa shape index (κ2) is 15.6. The van der Waals surface area contributed by atoms with E-state index in [1.54, 1.807) is 4.90 Å². The lowest BCUT2D eigenvalue weighted by Crippen LogP contribution is -2.58. The van der Waals surface area contributed by atoms with Crippen LogP contribution in [0.5, 0.6) is 0 Å². The van der Waals surface area contributed by atoms with Gasteiger partial charge >= 0.3 is 6.03 Å². The fourth-order valence-electron chi connectivity index (χ4n) is 6.60. The number of nitrogens with zero attached hydrogens (tertiary/aromatic N) is 3. The second-order valence-electron chi connectivity index (χ2n) is 12.4. The van der Waals surface area contributed by atoms with Crippen LogP contribution in [0.4, 0.5) is 4.79 Å². The van der Waals surface area contributed by atoms with Gasteiger partial charge in [0.25, 0.3) is 0 Å². The first-order valence-electron chi connectivity index (χ1n) is 16.3. The van der Waals surface area contributed by atoms with Crippen molar-refractivity contribution in [2.45, 2.75) is 35.6 Å². The van der Waals surface area contributed by atoms with Gasteiger partial charge in [0.1, 0.15) is 4.75 Å². The Balaban J connectivity index is 1.35. The van der Waals surface area contributed by atoms with Crippen molar-refractivity contribution in [1.29, 1.82) is 0 Å². The molecular formula is C36H40BrClN6O4S. The van der Waals surface area contributed by atoms with E-state index >= 15 is 4.79 Å². The molecule has 6 rings (SSSR count). The van der Waals surface area contributed by atoms with E-state index in [2.05, 4.69) is 26.2 Å². The molecule has 3 heterocycles. The molecule has 1 aromatic heterocycles. The minimum absolute atomic E-state index is 0.0231. The number of hydrogen-bond donors (Lipinski definition) is 3. The number of piperazine rings is 1. The Kier molecular flexibility index (Phi) is 11.2. The Hall–Kier alpha value is -3.55. The van der Waals surface area contributed by atoms with Gasteiger partial charge in [-0.25, -0.2) is 4.79 Å². The number of rotatable bonds is 11. The summed E-state index contributed by atoms with van der Waals surface area (Å²) in [6.45, 7) is 5.44. The maximum atomic E-state index is 15.2. The molecule has 0 spiro atoms. The number of halogens is 2. The van der Waals surface area contributed by atoms with Gasteiger partial charge in [-0.05, 0) is 48.9 Å². The lowest BCUT2D eigenvalue weighted by atomic mass is 9.90. The molecule has 258 valence electrons. The summed E-state index contributed by atoms with van der Waals surface area (Å²) in [5, 5.41) is 4.39. The maximum absolute atomic E-state index is 15.2. The summed E-state index contributed by atoms with van der Waals surface area (Å²) in [6.07, 6.45) is 1.94. The van der Waals surface area contributed by atoms with Crippen LogP contribution in [0.1, 0.15) is 29.2 Å². The van der Waals surface area contributed by atoms with E-state index < -0.39 is 10.8 Å². The summed E-state index contributed by atoms with van der Waals surface area (Å²) in [7, 11) is 0. The highest BCUT2D eigenvalue weighted by Gasteiger charge is 2.60. The van der Waals surface area contributed by atoms with Crippen molar-refractivity contribution in [3.8, 4) is 0 Å². The van der Waals surface area contributed by atoms with Crippen molar-refractivity contribution < 1.29 is 19.1 Å². The van der Waals surface area contributed by atoms with E-state index in [1.165, 1.54) is 11.8 Å². The molecule has 2 fully saturated rings. The molecule has 4 aromatic rings. The molecule has 2 atom stereocenters. The SMILES string of the molecule is Cc1ccc(S[C@@]2(C(=O)N3CCN(C(=O)NCCOCCN)CC3)CC(=O)N(Cc3ccc(Br)cc3)[C@H]2c2c[nH]c3cc(Cl)ccc23)cc1. The predicted molar refractivity (Wildman–Crippen MR) is 197 cm³/mol. The van der Waals surface area contributed by atoms with Crippen LogP contribution in [0, 0.1) is 6.92 Å². The summed E-state index contributed by atoms with van der Waals surface area (Å²) in [5.74, 6) is -0.215. The first-order valence-corrected chi connectivity index (χ1v) is 18.3. The van der Waals surface area contributed by atoms with E-state index in [0.717, 1.165) is 37.0 Å². The molecule has 0 unspecified atom stereocenters. The highest BCUT2D eigenvalue weighted by molar-refractivity contribution is 9.10. The molecule has 2 aliphatic heterocycles. The Morgan fingerprint density at radius 3 is 2.47 bits per heavy atom. The Bertz CT molecular complexity index is 1800. The van der Waals surface area contributed by atoms with Gasteiger partial charge in [-0.1, -0.05) is 63.4 Å². The van der Waals surface area contributed by atoms with E-state index in [-0.39, 0.29) is 24.3 Å². The number of carbonyl (C=O) groups excluding carboxylic acids is 3. The monoisotopic (exact) mass is 766 g/mol. The third-order valence-corrected chi connectivity index (χ3v) is 11.2. The lowest BCUT2D eigenvalue weighted by molar-refractivity contribution is -0.136. The van der Waals surface area contributed by atoms with Gasteiger partial charge < -0.3 is 35.5 Å². The molecule has 0 aliphatic carbocycles. The second-order valence-corrected chi connectivity index (χ2v) is 15.1. The highest BCUT2D eigenvalue weighted by Crippen LogP contribution is 2.55. The summed E-state index contributed by atoms with van der Waals surface area (Å²) in [5.41, 5.74) is 9.22. The molecule has 2 saturated heterocycles. The number of fused-ring (bicyclic) bond motifs is 1. The number of aryl methyl sites for hydroxylation is 1. The van der Waals surface area contributed by atoms with Crippen molar-refractivity contribution in [3.05, 3.63) is 99.1 Å². The van der Waals surface area contributed by atoms with Gasteiger partial charge in [0.15, 0.2) is 0 Å². The van der Waals surface area contributed by atoms with Gasteiger partial charge in [0, 0.05) is 82.9 Å². The normalized spacial score (nSPS) is 19.6. The van der Waals surface area contributed by atoms with Crippen LogP contribution in [-0.2, 0) is 20.9 Å². The smallest absolute Gasteiger partial charge is 0.317 e. The molecule has 3 aromatic carbocycles. The number of likely N-dealkylation sites (tertiary alicyclic amines) is 1. The van der Waals surface area contributed by atoms with Crippen LogP contribution < -0.4 is 11.1 Å². The largest absolute Gasteiger partial charge is 0.378 e. The average molecular weight is 768 g/mol. The van der Waals surface area contributed by atoms with Gasteiger partial charge in [0.2, 0.25) is 11.8 Å². The molecule has 0 radical (unpaired) electrons. The number of carbonyl (C=O) groups is 3. The maximum Gasteiger partial charge on any atom is 0.317 e. The van der Waals surface area contributed by atoms with Gasteiger partial charge in [-0.3, -0.25) is 9.59 Å². The van der Waals surface area contributed by atoms with Crippen molar-refractivity contribution in [2.75, 3.05) is 52.5 Å². The number of nitrogens with two attached hydrogens (primary N) is 1. The quantitative estimate of drug-likeness (QED) is 0.168. The molecule has 13 heteroatoms. The third kappa shape index (κ3) is 7.78. The number of amides is 4. The zero-order valence-corrected chi connectivity index (χ0v) is 30.5. The summed E-state index contributed by atoms with van der Waals surface area (Å²) < 4.78 is 5.12. The van der Waals surface area contributed by atoms with Crippen LogP contribution >= 0.6 is 39.3 Å². The average Bonchev–Trinajstić information content (AvgIpc) is 3.63. The Morgan fingerprint density at radius 1 is 1.04 bits per heavy atom. The molecular weight excluding hydrogens is 728 g/mol. The number of urea groups is 1. The standard InChI is InChI=1S/C36H40BrClN6O4S/c1-24-2-9-28(10-3-24)49-36(34(46)42-14-16-43(17-15-42)35(47)40-13-19-48-18-12-39)21-32(45)44(23-25-4-6-26(37)7-5-25)33(36)30-22-41-31-20-27(38)8-11-29(30)31/h2-11,20,22,33,41H,12-19,21,23,39H2,1H3,(H,40,47)/t33-,36-/m0/s1. The van der Waals surface area contributed by atoms with Crippen molar-refractivity contribution in [1.82, 2.24) is 25.0 Å².